The highest BCUT2D eigenvalue weighted by atomic mass is 16.5. The molecular weight excluding hydrogens is 558 g/mol. The highest BCUT2D eigenvalue weighted by Crippen LogP contribution is 2.32. The smallest absolute Gasteiger partial charge is 0.254 e. The van der Waals surface area contributed by atoms with E-state index in [2.05, 4.69) is 15.1 Å². The number of carbonyl (C=O) groups excluding carboxylic acids is 2. The van der Waals surface area contributed by atoms with Gasteiger partial charge in [-0.15, -0.1) is 10.2 Å². The molecule has 0 saturated carbocycles. The van der Waals surface area contributed by atoms with Crippen LogP contribution in [0.1, 0.15) is 28.9 Å². The summed E-state index contributed by atoms with van der Waals surface area (Å²) < 4.78 is 16.1. The number of carbonyl (C=O) groups is 2. The van der Waals surface area contributed by atoms with Crippen LogP contribution < -0.4 is 19.1 Å². The minimum atomic E-state index is -0.307. The molecule has 0 aliphatic carbocycles. The van der Waals surface area contributed by atoms with Crippen molar-refractivity contribution < 1.29 is 23.8 Å². The van der Waals surface area contributed by atoms with Crippen LogP contribution in [0.25, 0.3) is 11.3 Å². The molecule has 10 heteroatoms. The number of benzene rings is 3. The van der Waals surface area contributed by atoms with Crippen LogP contribution >= 0.6 is 0 Å². The van der Waals surface area contributed by atoms with Crippen molar-refractivity contribution in [1.29, 1.82) is 0 Å². The molecule has 0 N–H and O–H groups in total. The van der Waals surface area contributed by atoms with Gasteiger partial charge in [-0.1, -0.05) is 36.4 Å². The molecule has 2 heterocycles. The molecule has 1 aromatic heterocycles. The third-order valence-electron chi connectivity index (χ3n) is 7.92. The number of hydrogen-bond donors (Lipinski definition) is 0. The summed E-state index contributed by atoms with van der Waals surface area (Å²) in [5.41, 5.74) is 2.94. The maximum absolute atomic E-state index is 13.7. The van der Waals surface area contributed by atoms with Gasteiger partial charge in [-0.25, -0.2) is 0 Å². The van der Waals surface area contributed by atoms with E-state index in [-0.39, 0.29) is 24.4 Å². The Kier molecular flexibility index (Phi) is 9.59. The van der Waals surface area contributed by atoms with Gasteiger partial charge in [0.2, 0.25) is 5.91 Å². The lowest BCUT2D eigenvalue weighted by Crippen LogP contribution is -2.52. The molecule has 228 valence electrons. The highest BCUT2D eigenvalue weighted by molar-refractivity contribution is 5.97. The SMILES string of the molecule is COc1cccc(C(=O)N(CC(=O)N2CCN(c3ccc(-c4ccc(OC)cc4OC)nn3)CC2)[C@H](C)c2ccccc2)c1. The first-order valence-corrected chi connectivity index (χ1v) is 14.5. The molecule has 0 spiro atoms. The Morgan fingerprint density at radius 1 is 0.795 bits per heavy atom. The van der Waals surface area contributed by atoms with Crippen molar-refractivity contribution in [3.05, 3.63) is 96.1 Å². The van der Waals surface area contributed by atoms with Crippen molar-refractivity contribution in [3.63, 3.8) is 0 Å². The van der Waals surface area contributed by atoms with Crippen molar-refractivity contribution in [1.82, 2.24) is 20.0 Å². The second kappa shape index (κ2) is 13.9. The van der Waals surface area contributed by atoms with Gasteiger partial charge < -0.3 is 28.9 Å². The van der Waals surface area contributed by atoms with Gasteiger partial charge in [-0.3, -0.25) is 9.59 Å². The van der Waals surface area contributed by atoms with Crippen LogP contribution in [-0.4, -0.2) is 85.9 Å². The Bertz CT molecular complexity index is 1570. The molecule has 1 fully saturated rings. The van der Waals surface area contributed by atoms with Crippen molar-refractivity contribution >= 4 is 17.6 Å². The summed E-state index contributed by atoms with van der Waals surface area (Å²) in [5, 5.41) is 8.91. The van der Waals surface area contributed by atoms with Gasteiger partial charge in [-0.2, -0.15) is 0 Å². The molecule has 1 atom stereocenters. The average Bonchev–Trinajstić information content (AvgIpc) is 3.10. The standard InChI is InChI=1S/C34H37N5O5/c1-24(25-9-6-5-7-10-25)39(34(41)26-11-8-12-27(21-26)42-2)23-33(40)38-19-17-37(18-20-38)32-16-15-30(35-36-32)29-14-13-28(43-3)22-31(29)44-4/h5-16,21-22,24H,17-20,23H2,1-4H3/t24-/m1/s1. The summed E-state index contributed by atoms with van der Waals surface area (Å²) in [6.45, 7) is 4.13. The number of aromatic nitrogens is 2. The first kappa shape index (κ1) is 30.3. The van der Waals surface area contributed by atoms with Gasteiger partial charge in [0.05, 0.1) is 33.1 Å². The second-order valence-corrected chi connectivity index (χ2v) is 10.5. The molecule has 0 radical (unpaired) electrons. The number of rotatable bonds is 10. The third-order valence-corrected chi connectivity index (χ3v) is 7.92. The lowest BCUT2D eigenvalue weighted by atomic mass is 10.1. The number of amides is 2. The van der Waals surface area contributed by atoms with E-state index in [1.807, 2.05) is 72.5 Å². The summed E-state index contributed by atoms with van der Waals surface area (Å²) >= 11 is 0. The molecule has 0 bridgehead atoms. The number of piperazine rings is 1. The fourth-order valence-electron chi connectivity index (χ4n) is 5.30. The number of hydrogen-bond acceptors (Lipinski definition) is 8. The molecule has 2 amide bonds. The van der Waals surface area contributed by atoms with Gasteiger partial charge in [0.1, 0.15) is 23.8 Å². The zero-order valence-electron chi connectivity index (χ0n) is 25.5. The van der Waals surface area contributed by atoms with Crippen LogP contribution in [0.15, 0.2) is 84.9 Å². The van der Waals surface area contributed by atoms with Crippen molar-refractivity contribution in [3.8, 4) is 28.5 Å². The fraction of sp³-hybridized carbons (Fsp3) is 0.294. The summed E-state index contributed by atoms with van der Waals surface area (Å²) in [4.78, 5) is 32.9. The molecule has 0 unspecified atom stereocenters. The van der Waals surface area contributed by atoms with E-state index in [0.29, 0.717) is 54.7 Å². The number of methoxy groups -OCH3 is 3. The Morgan fingerprint density at radius 2 is 1.52 bits per heavy atom. The zero-order chi connectivity index (χ0) is 31.1. The minimum Gasteiger partial charge on any atom is -0.497 e. The Morgan fingerprint density at radius 3 is 2.18 bits per heavy atom. The molecule has 5 rings (SSSR count). The minimum absolute atomic E-state index is 0.0374. The average molecular weight is 596 g/mol. The van der Waals surface area contributed by atoms with Crippen LogP contribution in [0.2, 0.25) is 0 Å². The van der Waals surface area contributed by atoms with Crippen LogP contribution in [0.4, 0.5) is 5.82 Å². The molecule has 1 aliphatic rings. The van der Waals surface area contributed by atoms with E-state index in [0.717, 1.165) is 16.9 Å². The van der Waals surface area contributed by atoms with Crippen LogP contribution in [0.3, 0.4) is 0 Å². The van der Waals surface area contributed by atoms with Crippen LogP contribution in [-0.2, 0) is 4.79 Å². The van der Waals surface area contributed by atoms with Gasteiger partial charge >= 0.3 is 0 Å². The summed E-state index contributed by atoms with van der Waals surface area (Å²) in [5.74, 6) is 2.35. The van der Waals surface area contributed by atoms with Gasteiger partial charge in [0.25, 0.3) is 5.91 Å². The van der Waals surface area contributed by atoms with E-state index < -0.39 is 0 Å². The molecule has 10 nitrogen and oxygen atoms in total. The van der Waals surface area contributed by atoms with Crippen molar-refractivity contribution in [2.45, 2.75) is 13.0 Å². The van der Waals surface area contributed by atoms with Crippen LogP contribution in [0, 0.1) is 0 Å². The molecule has 1 saturated heterocycles. The van der Waals surface area contributed by atoms with Gasteiger partial charge in [-0.05, 0) is 55.0 Å². The van der Waals surface area contributed by atoms with Gasteiger partial charge in [0.15, 0.2) is 5.82 Å². The second-order valence-electron chi connectivity index (χ2n) is 10.5. The summed E-state index contributed by atoms with van der Waals surface area (Å²) in [7, 11) is 4.78. The Balaban J connectivity index is 1.25. The zero-order valence-corrected chi connectivity index (χ0v) is 25.5. The lowest BCUT2D eigenvalue weighted by Gasteiger charge is -2.37. The molecule has 44 heavy (non-hydrogen) atoms. The largest absolute Gasteiger partial charge is 0.497 e. The first-order valence-electron chi connectivity index (χ1n) is 14.5. The highest BCUT2D eigenvalue weighted by Gasteiger charge is 2.29. The van der Waals surface area contributed by atoms with Crippen molar-refractivity contribution in [2.75, 3.05) is 59.0 Å². The molecular formula is C34H37N5O5. The molecule has 1 aliphatic heterocycles. The topological polar surface area (TPSA) is 97.3 Å². The first-order chi connectivity index (χ1) is 21.4. The monoisotopic (exact) mass is 595 g/mol. The predicted octanol–water partition coefficient (Wildman–Crippen LogP) is 4.72. The predicted molar refractivity (Wildman–Crippen MR) is 168 cm³/mol. The summed E-state index contributed by atoms with van der Waals surface area (Å²) in [6, 6.07) is 25.9. The van der Waals surface area contributed by atoms with E-state index in [9.17, 15) is 9.59 Å². The van der Waals surface area contributed by atoms with E-state index in [4.69, 9.17) is 14.2 Å². The van der Waals surface area contributed by atoms with E-state index in [1.54, 1.807) is 50.5 Å². The Hall–Kier alpha value is -5.12. The number of anilines is 1. The quantitative estimate of drug-likeness (QED) is 0.260. The lowest BCUT2D eigenvalue weighted by molar-refractivity contribution is -0.132. The number of nitrogens with zero attached hydrogens (tertiary/aromatic N) is 5. The van der Waals surface area contributed by atoms with Gasteiger partial charge in [0, 0.05) is 43.4 Å². The molecule has 3 aromatic carbocycles. The van der Waals surface area contributed by atoms with Crippen molar-refractivity contribution in [2.24, 2.45) is 0 Å². The molecule has 4 aromatic rings. The fourth-order valence-corrected chi connectivity index (χ4v) is 5.30. The van der Waals surface area contributed by atoms with E-state index >= 15 is 0 Å². The number of ether oxygens (including phenoxy) is 3. The van der Waals surface area contributed by atoms with E-state index in [1.165, 1.54) is 0 Å². The Labute approximate surface area is 257 Å². The maximum Gasteiger partial charge on any atom is 0.254 e. The maximum atomic E-state index is 13.7. The van der Waals surface area contributed by atoms with Crippen LogP contribution in [0.5, 0.6) is 17.2 Å². The third kappa shape index (κ3) is 6.75. The summed E-state index contributed by atoms with van der Waals surface area (Å²) in [6.07, 6.45) is 0. The normalized spacial score (nSPS) is 13.6.